The second-order valence-corrected chi connectivity index (χ2v) is 8.38. The molecule has 1 aliphatic heterocycles. The van der Waals surface area contributed by atoms with Gasteiger partial charge in [0.1, 0.15) is 6.10 Å². The van der Waals surface area contributed by atoms with Crippen LogP contribution in [0.15, 0.2) is 0 Å². The molecule has 23 heavy (non-hydrogen) atoms. The number of nitrogens with zero attached hydrogens (tertiary/aromatic N) is 2. The summed E-state index contributed by atoms with van der Waals surface area (Å²) in [5.41, 5.74) is -0.834. The Morgan fingerprint density at radius 1 is 1.09 bits per heavy atom. The standard InChI is InChI=1S/C18H35N2O2S/c1-7-9-11-19(12-10-8-2)16(23)22-15-13-17(3,4)20(21)18(5,6)14-15/h15H,7-14H2,1-6H3. The van der Waals surface area contributed by atoms with Crippen LogP contribution in [0.2, 0.25) is 0 Å². The Labute approximate surface area is 148 Å². The fourth-order valence-electron chi connectivity index (χ4n) is 3.46. The Hall–Kier alpha value is -0.390. The summed E-state index contributed by atoms with van der Waals surface area (Å²) in [7, 11) is 0. The predicted octanol–water partition coefficient (Wildman–Crippen LogP) is 4.56. The van der Waals surface area contributed by atoms with E-state index in [0.29, 0.717) is 5.17 Å². The Balaban J connectivity index is 2.69. The predicted molar refractivity (Wildman–Crippen MR) is 98.8 cm³/mol. The molecular weight excluding hydrogens is 308 g/mol. The third-order valence-corrected chi connectivity index (χ3v) is 5.00. The van der Waals surface area contributed by atoms with Gasteiger partial charge in [0, 0.05) is 37.0 Å². The van der Waals surface area contributed by atoms with E-state index in [1.165, 1.54) is 5.06 Å². The van der Waals surface area contributed by atoms with Crippen LogP contribution < -0.4 is 0 Å². The summed E-state index contributed by atoms with van der Waals surface area (Å²) >= 11 is 5.57. The van der Waals surface area contributed by atoms with Crippen molar-refractivity contribution < 1.29 is 9.94 Å². The van der Waals surface area contributed by atoms with Gasteiger partial charge in [-0.3, -0.25) is 0 Å². The van der Waals surface area contributed by atoms with Crippen molar-refractivity contribution in [3.8, 4) is 0 Å². The highest BCUT2D eigenvalue weighted by atomic mass is 32.1. The summed E-state index contributed by atoms with van der Waals surface area (Å²) in [5.74, 6) is 0. The minimum absolute atomic E-state index is 0.0171. The van der Waals surface area contributed by atoms with Crippen LogP contribution in [0.5, 0.6) is 0 Å². The van der Waals surface area contributed by atoms with Crippen LogP contribution in [0.25, 0.3) is 0 Å². The maximum atomic E-state index is 12.4. The van der Waals surface area contributed by atoms with Crippen LogP contribution in [-0.4, -0.2) is 45.4 Å². The van der Waals surface area contributed by atoms with Crippen LogP contribution in [0.1, 0.15) is 80.1 Å². The van der Waals surface area contributed by atoms with Gasteiger partial charge in [0.25, 0.3) is 5.17 Å². The van der Waals surface area contributed by atoms with E-state index in [9.17, 15) is 5.21 Å². The number of ether oxygens (including phenoxy) is 1. The number of rotatable bonds is 7. The molecule has 0 aromatic heterocycles. The second-order valence-electron chi connectivity index (χ2n) is 8.03. The maximum absolute atomic E-state index is 12.4. The molecule has 0 aromatic carbocycles. The Morgan fingerprint density at radius 2 is 1.52 bits per heavy atom. The van der Waals surface area contributed by atoms with Crippen LogP contribution in [0, 0.1) is 0 Å². The number of piperidine rings is 1. The van der Waals surface area contributed by atoms with Crippen molar-refractivity contribution in [2.45, 2.75) is 97.2 Å². The van der Waals surface area contributed by atoms with E-state index in [4.69, 9.17) is 17.0 Å². The fourth-order valence-corrected chi connectivity index (χ4v) is 3.78. The van der Waals surface area contributed by atoms with E-state index < -0.39 is 11.1 Å². The van der Waals surface area contributed by atoms with Crippen molar-refractivity contribution >= 4 is 17.4 Å². The summed E-state index contributed by atoms with van der Waals surface area (Å²) < 4.78 is 6.16. The number of unbranched alkanes of at least 4 members (excludes halogenated alkanes) is 2. The summed E-state index contributed by atoms with van der Waals surface area (Å²) in [6, 6.07) is 0. The average Bonchev–Trinajstić information content (AvgIpc) is 2.44. The molecule has 0 spiro atoms. The summed E-state index contributed by atoms with van der Waals surface area (Å²) in [5, 5.41) is 14.3. The maximum Gasteiger partial charge on any atom is 0.259 e. The van der Waals surface area contributed by atoms with Crippen molar-refractivity contribution in [3.63, 3.8) is 0 Å². The van der Waals surface area contributed by atoms with Crippen molar-refractivity contribution in [2.24, 2.45) is 0 Å². The lowest BCUT2D eigenvalue weighted by Gasteiger charge is -2.49. The Morgan fingerprint density at radius 3 is 1.91 bits per heavy atom. The van der Waals surface area contributed by atoms with Gasteiger partial charge in [0.05, 0.1) is 0 Å². The molecule has 5 heteroatoms. The zero-order valence-electron chi connectivity index (χ0n) is 15.9. The molecule has 0 unspecified atom stereocenters. The molecule has 0 amide bonds. The molecule has 1 fully saturated rings. The van der Waals surface area contributed by atoms with Gasteiger partial charge in [0.2, 0.25) is 0 Å². The SMILES string of the molecule is CCCCN(CCCC)C(=S)OC1CC(C)(C)N([O])C(C)(C)C1. The monoisotopic (exact) mass is 343 g/mol. The smallest absolute Gasteiger partial charge is 0.259 e. The highest BCUT2D eigenvalue weighted by Gasteiger charge is 2.47. The van der Waals surface area contributed by atoms with Gasteiger partial charge >= 0.3 is 0 Å². The fraction of sp³-hybridized carbons (Fsp3) is 0.944. The molecule has 0 N–H and O–H groups in total. The molecule has 0 atom stereocenters. The van der Waals surface area contributed by atoms with E-state index in [1.54, 1.807) is 0 Å². The van der Waals surface area contributed by atoms with E-state index in [0.717, 1.165) is 51.6 Å². The third-order valence-electron chi connectivity index (χ3n) is 4.64. The Bertz CT molecular complexity index is 359. The average molecular weight is 344 g/mol. The zero-order chi connectivity index (χ0) is 17.7. The summed E-state index contributed by atoms with van der Waals surface area (Å²) in [4.78, 5) is 2.20. The minimum Gasteiger partial charge on any atom is -0.467 e. The lowest BCUT2D eigenvalue weighted by atomic mass is 9.80. The molecular formula is C18H35N2O2S. The first-order valence-electron chi connectivity index (χ1n) is 9.07. The van der Waals surface area contributed by atoms with E-state index in [2.05, 4.69) is 18.7 Å². The van der Waals surface area contributed by atoms with Crippen LogP contribution >= 0.6 is 12.2 Å². The van der Waals surface area contributed by atoms with E-state index >= 15 is 0 Å². The molecule has 0 aromatic rings. The molecule has 1 aliphatic rings. The first-order chi connectivity index (χ1) is 10.6. The van der Waals surface area contributed by atoms with Crippen molar-refractivity contribution in [3.05, 3.63) is 0 Å². The van der Waals surface area contributed by atoms with Gasteiger partial charge in [-0.25, -0.2) is 0 Å². The molecule has 0 saturated carbocycles. The van der Waals surface area contributed by atoms with Crippen LogP contribution in [0.3, 0.4) is 0 Å². The molecule has 135 valence electrons. The largest absolute Gasteiger partial charge is 0.467 e. The van der Waals surface area contributed by atoms with E-state index in [-0.39, 0.29) is 6.10 Å². The van der Waals surface area contributed by atoms with Gasteiger partial charge in [-0.1, -0.05) is 26.7 Å². The first-order valence-corrected chi connectivity index (χ1v) is 9.48. The van der Waals surface area contributed by atoms with Gasteiger partial charge < -0.3 is 9.64 Å². The van der Waals surface area contributed by atoms with Crippen molar-refractivity contribution in [2.75, 3.05) is 13.1 Å². The second kappa shape index (κ2) is 8.63. The van der Waals surface area contributed by atoms with Gasteiger partial charge in [0.15, 0.2) is 0 Å². The summed E-state index contributed by atoms with van der Waals surface area (Å²) in [6.07, 6.45) is 6.01. The number of hydrogen-bond donors (Lipinski definition) is 0. The van der Waals surface area contributed by atoms with Crippen LogP contribution in [0.4, 0.5) is 0 Å². The molecule has 1 saturated heterocycles. The van der Waals surface area contributed by atoms with Gasteiger partial charge in [-0.05, 0) is 52.8 Å². The topological polar surface area (TPSA) is 35.6 Å². The van der Waals surface area contributed by atoms with Gasteiger partial charge in [-0.15, -0.1) is 10.3 Å². The molecule has 4 nitrogen and oxygen atoms in total. The third kappa shape index (κ3) is 5.87. The van der Waals surface area contributed by atoms with Crippen molar-refractivity contribution in [1.82, 2.24) is 9.96 Å². The summed E-state index contributed by atoms with van der Waals surface area (Å²) in [6.45, 7) is 14.3. The van der Waals surface area contributed by atoms with Crippen LogP contribution in [-0.2, 0) is 9.94 Å². The van der Waals surface area contributed by atoms with Gasteiger partial charge in [-0.2, -0.15) is 0 Å². The molecule has 0 aliphatic carbocycles. The molecule has 1 radical (unpaired) electrons. The Kier molecular flexibility index (Phi) is 7.75. The van der Waals surface area contributed by atoms with E-state index in [1.807, 2.05) is 27.7 Å². The number of hydroxylamine groups is 2. The minimum atomic E-state index is -0.417. The lowest BCUT2D eigenvalue weighted by Crippen LogP contribution is -2.60. The van der Waals surface area contributed by atoms with Crippen molar-refractivity contribution in [1.29, 1.82) is 0 Å². The number of thiocarbonyl (C=S) groups is 1. The lowest BCUT2D eigenvalue weighted by molar-refractivity contribution is -0.297. The zero-order valence-corrected chi connectivity index (χ0v) is 16.7. The highest BCUT2D eigenvalue weighted by Crippen LogP contribution is 2.38. The highest BCUT2D eigenvalue weighted by molar-refractivity contribution is 7.80. The quantitative estimate of drug-likeness (QED) is 0.635. The molecule has 1 rings (SSSR count). The molecule has 0 bridgehead atoms. The molecule has 1 heterocycles. The number of hydrogen-bond acceptors (Lipinski definition) is 3. The first kappa shape index (κ1) is 20.7. The normalized spacial score (nSPS) is 21.2.